The van der Waals surface area contributed by atoms with E-state index in [0.717, 1.165) is 9.80 Å². The summed E-state index contributed by atoms with van der Waals surface area (Å²) in [6.07, 6.45) is 0. The van der Waals surface area contributed by atoms with Gasteiger partial charge in [0.2, 0.25) is 11.8 Å². The second kappa shape index (κ2) is 12.7. The number of anilines is 2. The molecule has 2 aliphatic rings. The summed E-state index contributed by atoms with van der Waals surface area (Å²) in [5, 5.41) is 21.0. The number of amides is 4. The Morgan fingerprint density at radius 1 is 0.446 bits per heavy atom. The van der Waals surface area contributed by atoms with E-state index in [1.54, 1.807) is 91.0 Å². The Morgan fingerprint density at radius 3 is 1.25 bits per heavy atom. The van der Waals surface area contributed by atoms with Gasteiger partial charge in [0.25, 0.3) is 23.6 Å². The van der Waals surface area contributed by atoms with Crippen LogP contribution in [-0.4, -0.2) is 50.8 Å². The molecule has 13 nitrogen and oxygen atoms in total. The van der Waals surface area contributed by atoms with Crippen molar-refractivity contribution in [3.63, 3.8) is 0 Å². The molecular weight excluding hydrogens is 718 g/mol. The summed E-state index contributed by atoms with van der Waals surface area (Å²) < 4.78 is 12.5. The van der Waals surface area contributed by atoms with Crippen LogP contribution in [0.3, 0.4) is 0 Å². The molecule has 4 amide bonds. The maximum absolute atomic E-state index is 13.5. The molecule has 2 N–H and O–H groups in total. The van der Waals surface area contributed by atoms with Crippen molar-refractivity contribution in [1.82, 2.24) is 4.98 Å². The number of carbonyl (C=O) groups excluding carboxylic acids is 4. The minimum Gasteiger partial charge on any atom is -0.478 e. The third kappa shape index (κ3) is 5.29. The van der Waals surface area contributed by atoms with Crippen LogP contribution in [0.25, 0.3) is 21.5 Å². The number of carboxylic acid groups (broad SMARTS) is 2. The lowest BCUT2D eigenvalue weighted by Gasteiger charge is -2.18. The van der Waals surface area contributed by atoms with Gasteiger partial charge in [0.05, 0.1) is 44.8 Å². The van der Waals surface area contributed by atoms with Crippen LogP contribution in [-0.2, 0) is 0 Å². The largest absolute Gasteiger partial charge is 0.478 e. The van der Waals surface area contributed by atoms with Crippen LogP contribution in [0.15, 0.2) is 127 Å². The average Bonchev–Trinajstić information content (AvgIpc) is 3.60. The highest BCUT2D eigenvalue weighted by atomic mass is 16.5. The number of hydrogen-bond acceptors (Lipinski definition) is 9. The number of carbonyl (C=O) groups is 6. The Kier molecular flexibility index (Phi) is 7.65. The third-order valence-corrected chi connectivity index (χ3v) is 9.59. The van der Waals surface area contributed by atoms with Gasteiger partial charge in [-0.1, -0.05) is 54.6 Å². The van der Waals surface area contributed by atoms with Crippen molar-refractivity contribution in [2.75, 3.05) is 9.80 Å². The van der Waals surface area contributed by atoms with Gasteiger partial charge in [-0.15, -0.1) is 0 Å². The average molecular weight is 742 g/mol. The van der Waals surface area contributed by atoms with Crippen LogP contribution in [0.4, 0.5) is 11.4 Å². The third-order valence-electron chi connectivity index (χ3n) is 9.59. The summed E-state index contributed by atoms with van der Waals surface area (Å²) in [4.78, 5) is 83.4. The highest BCUT2D eigenvalue weighted by molar-refractivity contribution is 6.37. The van der Waals surface area contributed by atoms with Gasteiger partial charge in [0.1, 0.15) is 11.5 Å². The Labute approximate surface area is 315 Å². The number of ether oxygens (including phenoxy) is 2. The van der Waals surface area contributed by atoms with Crippen molar-refractivity contribution in [2.24, 2.45) is 0 Å². The monoisotopic (exact) mass is 741 g/mol. The van der Waals surface area contributed by atoms with E-state index in [1.165, 1.54) is 36.4 Å². The molecule has 0 saturated carbocycles. The van der Waals surface area contributed by atoms with E-state index in [9.17, 15) is 39.0 Å². The van der Waals surface area contributed by atoms with Crippen LogP contribution < -0.4 is 19.3 Å². The fraction of sp³-hybridized carbons (Fsp3) is 0. The molecule has 6 aromatic carbocycles. The maximum Gasteiger partial charge on any atom is 0.335 e. The van der Waals surface area contributed by atoms with Crippen LogP contribution >= 0.6 is 0 Å². The number of aromatic nitrogens is 1. The van der Waals surface area contributed by atoms with Gasteiger partial charge in [-0.25, -0.2) is 19.4 Å². The van der Waals surface area contributed by atoms with Gasteiger partial charge in [-0.2, -0.15) is 4.98 Å². The zero-order valence-corrected chi connectivity index (χ0v) is 28.6. The van der Waals surface area contributed by atoms with Gasteiger partial charge in [-0.05, 0) is 60.7 Å². The number of aromatic carboxylic acids is 2. The number of fused-ring (bicyclic) bond motifs is 4. The summed E-state index contributed by atoms with van der Waals surface area (Å²) in [6.45, 7) is 0. The summed E-state index contributed by atoms with van der Waals surface area (Å²) in [5.74, 6) is -3.81. The number of imide groups is 2. The first-order chi connectivity index (χ1) is 27.1. The fourth-order valence-corrected chi connectivity index (χ4v) is 7.02. The molecule has 0 saturated heterocycles. The van der Waals surface area contributed by atoms with E-state index >= 15 is 0 Å². The Bertz CT molecular complexity index is 2750. The first-order valence-electron chi connectivity index (χ1n) is 17.0. The molecule has 0 spiro atoms. The van der Waals surface area contributed by atoms with Gasteiger partial charge in [-0.3, -0.25) is 19.2 Å². The fourth-order valence-electron chi connectivity index (χ4n) is 7.02. The first-order valence-corrected chi connectivity index (χ1v) is 17.0. The number of hydrogen-bond donors (Lipinski definition) is 2. The molecule has 1 aromatic heterocycles. The molecule has 0 atom stereocenters. The summed E-state index contributed by atoms with van der Waals surface area (Å²) in [6, 6.07) is 33.0. The van der Waals surface area contributed by atoms with Crippen LogP contribution in [0.1, 0.15) is 62.1 Å². The lowest BCUT2D eigenvalue weighted by atomic mass is 10.1. The number of pyridine rings is 1. The zero-order chi connectivity index (χ0) is 38.8. The van der Waals surface area contributed by atoms with E-state index in [2.05, 4.69) is 4.98 Å². The molecule has 2 aliphatic heterocycles. The molecule has 13 heteroatoms. The lowest BCUT2D eigenvalue weighted by molar-refractivity contribution is 0.0686. The van der Waals surface area contributed by atoms with Crippen molar-refractivity contribution in [2.45, 2.75) is 0 Å². The summed E-state index contributed by atoms with van der Waals surface area (Å²) >= 11 is 0. The normalized spacial score (nSPS) is 13.4. The topological polar surface area (TPSA) is 181 Å². The SMILES string of the molecule is O=C(O)c1ccc2c(c1)C(=O)N(c1cccc3c(Oc4cccc(Oc5cccc6c(N7C(=O)c8ccc(C(=O)O)cc8C7=O)cccc56)n4)cccc13)C2=O. The molecule has 56 heavy (non-hydrogen) atoms. The second-order valence-electron chi connectivity index (χ2n) is 12.8. The van der Waals surface area contributed by atoms with Crippen molar-refractivity contribution in [1.29, 1.82) is 0 Å². The minimum absolute atomic E-state index is 0.00224. The van der Waals surface area contributed by atoms with E-state index in [0.29, 0.717) is 44.4 Å². The molecule has 0 fully saturated rings. The van der Waals surface area contributed by atoms with Gasteiger partial charge < -0.3 is 19.7 Å². The smallest absolute Gasteiger partial charge is 0.335 e. The van der Waals surface area contributed by atoms with E-state index in [-0.39, 0.29) is 45.1 Å². The second-order valence-corrected chi connectivity index (χ2v) is 12.8. The standard InChI is InChI=1S/C43H23N3O10/c47-38-28-18-16-22(42(51)52)20-30(28)40(49)45(38)32-10-1-8-26-24(32)6-3-12-34(26)55-36-14-5-15-37(44-36)56-35-13-4-7-25-27(35)9-2-11-33(25)46-39(48)29-19-17-23(43(53)54)21-31(29)41(46)50/h1-21H,(H,51,52)(H,53,54). The number of nitrogens with zero attached hydrogens (tertiary/aromatic N) is 3. The molecule has 0 unspecified atom stereocenters. The Morgan fingerprint density at radius 2 is 0.821 bits per heavy atom. The summed E-state index contributed by atoms with van der Waals surface area (Å²) in [7, 11) is 0. The molecule has 7 aromatic rings. The van der Waals surface area contributed by atoms with E-state index < -0.39 is 35.6 Å². The Hall–Kier alpha value is -8.19. The molecule has 270 valence electrons. The van der Waals surface area contributed by atoms with Gasteiger partial charge in [0, 0.05) is 33.7 Å². The molecule has 0 aliphatic carbocycles. The van der Waals surface area contributed by atoms with Crippen LogP contribution in [0.5, 0.6) is 23.3 Å². The summed E-state index contributed by atoms with van der Waals surface area (Å²) in [5.41, 5.74) is 0.587. The van der Waals surface area contributed by atoms with Gasteiger partial charge in [0.15, 0.2) is 0 Å². The number of rotatable bonds is 8. The van der Waals surface area contributed by atoms with Crippen LogP contribution in [0.2, 0.25) is 0 Å². The number of carboxylic acids is 2. The van der Waals surface area contributed by atoms with E-state index in [4.69, 9.17) is 9.47 Å². The minimum atomic E-state index is -1.22. The first kappa shape index (κ1) is 33.6. The highest BCUT2D eigenvalue weighted by Crippen LogP contribution is 2.40. The van der Waals surface area contributed by atoms with Crippen molar-refractivity contribution in [3.8, 4) is 23.3 Å². The van der Waals surface area contributed by atoms with Gasteiger partial charge >= 0.3 is 11.9 Å². The zero-order valence-electron chi connectivity index (χ0n) is 28.6. The number of benzene rings is 6. The van der Waals surface area contributed by atoms with Crippen molar-refractivity contribution in [3.05, 3.63) is 161 Å². The molecule has 3 heterocycles. The predicted octanol–water partition coefficient (Wildman–Crippen LogP) is 7.97. The predicted molar refractivity (Wildman–Crippen MR) is 201 cm³/mol. The molecule has 9 rings (SSSR count). The van der Waals surface area contributed by atoms with Crippen molar-refractivity contribution < 1.29 is 48.5 Å². The molecule has 0 bridgehead atoms. The lowest BCUT2D eigenvalue weighted by Crippen LogP contribution is -2.29. The Balaban J connectivity index is 1.00. The van der Waals surface area contributed by atoms with Crippen molar-refractivity contribution >= 4 is 68.5 Å². The quantitative estimate of drug-likeness (QED) is 0.144. The molecular formula is C43H23N3O10. The maximum atomic E-state index is 13.5. The molecule has 0 radical (unpaired) electrons. The highest BCUT2D eigenvalue weighted by Gasteiger charge is 2.39. The van der Waals surface area contributed by atoms with E-state index in [1.807, 2.05) is 0 Å². The van der Waals surface area contributed by atoms with Crippen LogP contribution in [0, 0.1) is 0 Å².